The number of amides is 3. The Balaban J connectivity index is 1.38. The molecular weight excluding hydrogens is 388 g/mol. The zero-order valence-electron chi connectivity index (χ0n) is 19.2. The van der Waals surface area contributed by atoms with Crippen molar-refractivity contribution in [2.45, 2.75) is 70.9 Å². The smallest absolute Gasteiger partial charge is 0.321 e. The lowest BCUT2D eigenvalue weighted by molar-refractivity contribution is -0.143. The van der Waals surface area contributed by atoms with Crippen LogP contribution in [-0.4, -0.2) is 71.4 Å². The van der Waals surface area contributed by atoms with E-state index >= 15 is 0 Å². The second-order valence-corrected chi connectivity index (χ2v) is 9.69. The van der Waals surface area contributed by atoms with Crippen molar-refractivity contribution < 1.29 is 9.59 Å². The lowest BCUT2D eigenvalue weighted by atomic mass is 9.92. The number of piperazine rings is 1. The van der Waals surface area contributed by atoms with Crippen LogP contribution in [0.5, 0.6) is 0 Å². The van der Waals surface area contributed by atoms with Gasteiger partial charge >= 0.3 is 6.03 Å². The number of urea groups is 1. The van der Waals surface area contributed by atoms with E-state index in [0.717, 1.165) is 51.0 Å². The highest BCUT2D eigenvalue weighted by atomic mass is 16.2. The van der Waals surface area contributed by atoms with E-state index < -0.39 is 0 Å². The molecule has 1 N–H and O–H groups in total. The van der Waals surface area contributed by atoms with Gasteiger partial charge in [0.25, 0.3) is 0 Å². The van der Waals surface area contributed by atoms with E-state index in [4.69, 9.17) is 0 Å². The first kappa shape index (κ1) is 22.1. The third-order valence-corrected chi connectivity index (χ3v) is 7.48. The number of piperidine rings is 1. The average molecular weight is 427 g/mol. The molecular formula is C25H38N4O2. The normalized spacial score (nSPS) is 24.3. The molecule has 2 saturated heterocycles. The van der Waals surface area contributed by atoms with E-state index in [0.29, 0.717) is 31.0 Å². The summed E-state index contributed by atoms with van der Waals surface area (Å²) in [5, 5.41) is 3.01. The van der Waals surface area contributed by atoms with Crippen molar-refractivity contribution in [3.05, 3.63) is 29.8 Å². The van der Waals surface area contributed by atoms with E-state index in [9.17, 15) is 9.59 Å². The van der Waals surface area contributed by atoms with Gasteiger partial charge in [0.2, 0.25) is 5.91 Å². The Morgan fingerprint density at radius 3 is 2.19 bits per heavy atom. The van der Waals surface area contributed by atoms with Crippen LogP contribution in [0.15, 0.2) is 24.3 Å². The molecule has 0 radical (unpaired) electrons. The molecule has 1 aliphatic carbocycles. The first-order valence-corrected chi connectivity index (χ1v) is 12.2. The number of aryl methyl sites for hydroxylation is 1. The average Bonchev–Trinajstić information content (AvgIpc) is 3.30. The summed E-state index contributed by atoms with van der Waals surface area (Å²) in [4.78, 5) is 32.8. The van der Waals surface area contributed by atoms with Gasteiger partial charge in [-0.05, 0) is 64.0 Å². The maximum absolute atomic E-state index is 13.7. The second kappa shape index (κ2) is 10.0. The molecule has 6 nitrogen and oxygen atoms in total. The van der Waals surface area contributed by atoms with Gasteiger partial charge in [0.1, 0.15) is 0 Å². The predicted molar refractivity (Wildman–Crippen MR) is 124 cm³/mol. The molecule has 170 valence electrons. The van der Waals surface area contributed by atoms with Crippen LogP contribution >= 0.6 is 0 Å². The molecule has 1 aromatic rings. The number of hydrogen-bond donors (Lipinski definition) is 1. The number of nitrogens with one attached hydrogen (secondary N) is 1. The Kier molecular flexibility index (Phi) is 7.16. The number of carbonyl (C=O) groups excluding carboxylic acids is 2. The molecule has 4 rings (SSSR count). The summed E-state index contributed by atoms with van der Waals surface area (Å²) in [6.45, 7) is 8.04. The highest BCUT2D eigenvalue weighted by molar-refractivity contribution is 5.89. The van der Waals surface area contributed by atoms with Crippen molar-refractivity contribution in [1.29, 1.82) is 0 Å². The largest absolute Gasteiger partial charge is 0.339 e. The molecule has 0 spiro atoms. The van der Waals surface area contributed by atoms with Crippen molar-refractivity contribution in [3.8, 4) is 0 Å². The minimum atomic E-state index is -0.0445. The molecule has 3 aliphatic rings. The van der Waals surface area contributed by atoms with Crippen LogP contribution in [0.3, 0.4) is 0 Å². The Morgan fingerprint density at radius 1 is 0.903 bits per heavy atom. The zero-order valence-corrected chi connectivity index (χ0v) is 19.2. The van der Waals surface area contributed by atoms with Crippen molar-refractivity contribution in [3.63, 3.8) is 0 Å². The van der Waals surface area contributed by atoms with Gasteiger partial charge in [0.15, 0.2) is 0 Å². The zero-order chi connectivity index (χ0) is 21.8. The second-order valence-electron chi connectivity index (χ2n) is 9.69. The molecule has 1 aromatic carbocycles. The van der Waals surface area contributed by atoms with Crippen molar-refractivity contribution >= 4 is 17.6 Å². The molecule has 0 unspecified atom stereocenters. The lowest BCUT2D eigenvalue weighted by Crippen LogP contribution is -2.60. The molecule has 3 amide bonds. The number of hydrogen-bond acceptors (Lipinski definition) is 3. The minimum absolute atomic E-state index is 0.00893. The van der Waals surface area contributed by atoms with Gasteiger partial charge in [0.05, 0.1) is 6.04 Å². The molecule has 3 fully saturated rings. The Labute approximate surface area is 187 Å². The van der Waals surface area contributed by atoms with E-state index in [1.165, 1.54) is 24.8 Å². The topological polar surface area (TPSA) is 55.9 Å². The van der Waals surface area contributed by atoms with Gasteiger partial charge in [-0.1, -0.05) is 30.5 Å². The SMILES string of the molecule is Cc1ccc(NC(=O)N2CCN([C@H](C(=O)N3CCCC[C@@H]3C)C3CCCC3)CC2)cc1. The van der Waals surface area contributed by atoms with Gasteiger partial charge < -0.3 is 15.1 Å². The van der Waals surface area contributed by atoms with Crippen LogP contribution in [0, 0.1) is 12.8 Å². The molecule has 2 atom stereocenters. The molecule has 31 heavy (non-hydrogen) atoms. The summed E-state index contributed by atoms with van der Waals surface area (Å²) < 4.78 is 0. The van der Waals surface area contributed by atoms with Gasteiger partial charge in [-0.15, -0.1) is 0 Å². The Hall–Kier alpha value is -2.08. The van der Waals surface area contributed by atoms with Gasteiger partial charge in [-0.3, -0.25) is 9.69 Å². The first-order valence-electron chi connectivity index (χ1n) is 12.2. The fourth-order valence-corrected chi connectivity index (χ4v) is 5.57. The summed E-state index contributed by atoms with van der Waals surface area (Å²) in [7, 11) is 0. The van der Waals surface area contributed by atoms with E-state index in [1.807, 2.05) is 36.1 Å². The minimum Gasteiger partial charge on any atom is -0.339 e. The third-order valence-electron chi connectivity index (χ3n) is 7.48. The maximum Gasteiger partial charge on any atom is 0.321 e. The fraction of sp³-hybridized carbons (Fsp3) is 0.680. The maximum atomic E-state index is 13.7. The molecule has 0 bridgehead atoms. The summed E-state index contributed by atoms with van der Waals surface area (Å²) in [5.41, 5.74) is 2.01. The number of benzene rings is 1. The van der Waals surface area contributed by atoms with Crippen LogP contribution in [-0.2, 0) is 4.79 Å². The van der Waals surface area contributed by atoms with Crippen molar-refractivity contribution in [2.24, 2.45) is 5.92 Å². The number of carbonyl (C=O) groups is 2. The van der Waals surface area contributed by atoms with Gasteiger partial charge in [-0.25, -0.2) is 4.79 Å². The predicted octanol–water partition coefficient (Wildman–Crippen LogP) is 4.10. The molecule has 2 aliphatic heterocycles. The third kappa shape index (κ3) is 5.22. The fourth-order valence-electron chi connectivity index (χ4n) is 5.57. The lowest BCUT2D eigenvalue weighted by Gasteiger charge is -2.44. The van der Waals surface area contributed by atoms with E-state index in [2.05, 4.69) is 22.0 Å². The molecule has 1 saturated carbocycles. The number of rotatable bonds is 4. The highest BCUT2D eigenvalue weighted by Crippen LogP contribution is 2.33. The summed E-state index contributed by atoms with van der Waals surface area (Å²) in [6, 6.07) is 8.20. The Bertz CT molecular complexity index is 751. The molecule has 2 heterocycles. The molecule has 0 aromatic heterocycles. The van der Waals surface area contributed by atoms with Crippen LogP contribution in [0.2, 0.25) is 0 Å². The first-order chi connectivity index (χ1) is 15.0. The monoisotopic (exact) mass is 426 g/mol. The van der Waals surface area contributed by atoms with E-state index in [-0.39, 0.29) is 12.1 Å². The Morgan fingerprint density at radius 2 is 1.55 bits per heavy atom. The number of likely N-dealkylation sites (tertiary alicyclic amines) is 1. The van der Waals surface area contributed by atoms with Crippen LogP contribution in [0.4, 0.5) is 10.5 Å². The molecule has 6 heteroatoms. The summed E-state index contributed by atoms with van der Waals surface area (Å²) in [6.07, 6.45) is 8.27. The standard InChI is InChI=1S/C25H38N4O2/c1-19-10-12-22(13-11-19)26-25(31)28-17-15-27(16-18-28)23(21-8-3-4-9-21)24(30)29-14-6-5-7-20(29)2/h10-13,20-21,23H,3-9,14-18H2,1-2H3,(H,26,31)/t20-,23-/m0/s1. The highest BCUT2D eigenvalue weighted by Gasteiger charge is 2.40. The van der Waals surface area contributed by atoms with Gasteiger partial charge in [0, 0.05) is 44.5 Å². The van der Waals surface area contributed by atoms with Gasteiger partial charge in [-0.2, -0.15) is 0 Å². The van der Waals surface area contributed by atoms with Crippen LogP contribution < -0.4 is 5.32 Å². The van der Waals surface area contributed by atoms with Crippen molar-refractivity contribution in [2.75, 3.05) is 38.0 Å². The summed E-state index contributed by atoms with van der Waals surface area (Å²) in [5.74, 6) is 0.811. The van der Waals surface area contributed by atoms with E-state index in [1.54, 1.807) is 0 Å². The van der Waals surface area contributed by atoms with Crippen LogP contribution in [0.1, 0.15) is 57.4 Å². The number of nitrogens with zero attached hydrogens (tertiary/aromatic N) is 3. The summed E-state index contributed by atoms with van der Waals surface area (Å²) >= 11 is 0. The van der Waals surface area contributed by atoms with Crippen LogP contribution in [0.25, 0.3) is 0 Å². The number of anilines is 1. The quantitative estimate of drug-likeness (QED) is 0.788. The van der Waals surface area contributed by atoms with Crippen molar-refractivity contribution in [1.82, 2.24) is 14.7 Å².